The summed E-state index contributed by atoms with van der Waals surface area (Å²) < 4.78 is 14.3. The van der Waals surface area contributed by atoms with Crippen LogP contribution in [0.4, 0.5) is 4.39 Å². The predicted molar refractivity (Wildman–Crippen MR) is 79.7 cm³/mol. The third-order valence-corrected chi connectivity index (χ3v) is 3.85. The molecule has 2 atom stereocenters. The van der Waals surface area contributed by atoms with Crippen LogP contribution >= 0.6 is 15.9 Å². The van der Waals surface area contributed by atoms with E-state index in [0.29, 0.717) is 15.4 Å². The fraction of sp³-hybridized carbons (Fsp3) is 0.286. The van der Waals surface area contributed by atoms with E-state index in [4.69, 9.17) is 5.11 Å². The molecular formula is C14H14BrFN2O3. The van der Waals surface area contributed by atoms with E-state index in [1.165, 1.54) is 19.1 Å². The Bertz CT molecular complexity index is 714. The van der Waals surface area contributed by atoms with Gasteiger partial charge in [0.25, 0.3) is 5.91 Å². The SMILES string of the molecule is CC(NC(=O)c1cc2c(F)cc(Br)cc2[nH]1)C(C)C(=O)O. The lowest BCUT2D eigenvalue weighted by Crippen LogP contribution is -2.40. The summed E-state index contributed by atoms with van der Waals surface area (Å²) in [6.45, 7) is 3.12. The van der Waals surface area contributed by atoms with Crippen LogP contribution in [-0.4, -0.2) is 28.0 Å². The number of hydrogen-bond donors (Lipinski definition) is 3. The summed E-state index contributed by atoms with van der Waals surface area (Å²) in [6, 6.07) is 3.84. The van der Waals surface area contributed by atoms with Gasteiger partial charge in [0.15, 0.2) is 0 Å². The molecule has 1 heterocycles. The number of carboxylic acids is 1. The van der Waals surface area contributed by atoms with Gasteiger partial charge in [-0.2, -0.15) is 0 Å². The van der Waals surface area contributed by atoms with Crippen molar-refractivity contribution in [3.05, 3.63) is 34.2 Å². The van der Waals surface area contributed by atoms with Crippen LogP contribution in [-0.2, 0) is 4.79 Å². The number of halogens is 2. The van der Waals surface area contributed by atoms with Crippen LogP contribution in [0, 0.1) is 11.7 Å². The number of carbonyl (C=O) groups excluding carboxylic acids is 1. The van der Waals surface area contributed by atoms with E-state index >= 15 is 0 Å². The molecule has 0 fully saturated rings. The standard InChI is InChI=1S/C14H14BrFN2O3/c1-6(14(20)21)7(2)17-13(19)12-5-9-10(16)3-8(15)4-11(9)18-12/h3-7,18H,1-2H3,(H,17,19)(H,20,21). The number of aromatic amines is 1. The number of carboxylic acid groups (broad SMARTS) is 1. The molecule has 3 N–H and O–H groups in total. The Morgan fingerprint density at radius 1 is 1.33 bits per heavy atom. The van der Waals surface area contributed by atoms with Gasteiger partial charge in [-0.25, -0.2) is 4.39 Å². The Morgan fingerprint density at radius 3 is 2.62 bits per heavy atom. The number of nitrogens with one attached hydrogen (secondary N) is 2. The summed E-state index contributed by atoms with van der Waals surface area (Å²) in [4.78, 5) is 25.8. The van der Waals surface area contributed by atoms with Gasteiger partial charge < -0.3 is 15.4 Å². The molecule has 0 spiro atoms. The Hall–Kier alpha value is -1.89. The first-order valence-electron chi connectivity index (χ1n) is 6.31. The van der Waals surface area contributed by atoms with Crippen LogP contribution in [0.5, 0.6) is 0 Å². The number of benzene rings is 1. The molecule has 1 aromatic heterocycles. The molecule has 2 unspecified atom stereocenters. The second-order valence-electron chi connectivity index (χ2n) is 4.92. The number of amides is 1. The maximum Gasteiger partial charge on any atom is 0.308 e. The molecule has 0 aliphatic rings. The van der Waals surface area contributed by atoms with Crippen molar-refractivity contribution in [3.8, 4) is 0 Å². The topological polar surface area (TPSA) is 82.2 Å². The van der Waals surface area contributed by atoms with Gasteiger partial charge in [-0.3, -0.25) is 9.59 Å². The molecule has 21 heavy (non-hydrogen) atoms. The molecule has 1 aromatic carbocycles. The van der Waals surface area contributed by atoms with Crippen LogP contribution < -0.4 is 5.32 Å². The van der Waals surface area contributed by atoms with Crippen LogP contribution in [0.2, 0.25) is 0 Å². The molecule has 0 radical (unpaired) electrons. The summed E-state index contributed by atoms with van der Waals surface area (Å²) in [5.74, 6) is -2.62. The van der Waals surface area contributed by atoms with Gasteiger partial charge in [-0.05, 0) is 32.0 Å². The smallest absolute Gasteiger partial charge is 0.308 e. The van der Waals surface area contributed by atoms with Crippen molar-refractivity contribution in [1.82, 2.24) is 10.3 Å². The molecule has 0 bridgehead atoms. The number of carbonyl (C=O) groups is 2. The zero-order chi connectivity index (χ0) is 15.7. The summed E-state index contributed by atoms with van der Waals surface area (Å²) in [7, 11) is 0. The first-order chi connectivity index (χ1) is 9.79. The van der Waals surface area contributed by atoms with Crippen molar-refractivity contribution < 1.29 is 19.1 Å². The van der Waals surface area contributed by atoms with Crippen LogP contribution in [0.3, 0.4) is 0 Å². The van der Waals surface area contributed by atoms with Crippen LogP contribution in [0.15, 0.2) is 22.7 Å². The first-order valence-corrected chi connectivity index (χ1v) is 7.10. The number of aromatic nitrogens is 1. The molecule has 2 aromatic rings. The highest BCUT2D eigenvalue weighted by molar-refractivity contribution is 9.10. The highest BCUT2D eigenvalue weighted by atomic mass is 79.9. The Morgan fingerprint density at radius 2 is 2.00 bits per heavy atom. The van der Waals surface area contributed by atoms with Gasteiger partial charge in [0.1, 0.15) is 11.5 Å². The molecule has 1 amide bonds. The molecule has 2 rings (SSSR count). The van der Waals surface area contributed by atoms with Gasteiger partial charge in [0.2, 0.25) is 0 Å². The Balaban J connectivity index is 2.24. The maximum absolute atomic E-state index is 13.8. The van der Waals surface area contributed by atoms with Gasteiger partial charge in [0, 0.05) is 15.9 Å². The van der Waals surface area contributed by atoms with Crippen molar-refractivity contribution in [2.24, 2.45) is 5.92 Å². The van der Waals surface area contributed by atoms with Crippen molar-refractivity contribution >= 4 is 38.7 Å². The average Bonchev–Trinajstić information content (AvgIpc) is 2.81. The first kappa shape index (κ1) is 15.5. The minimum absolute atomic E-state index is 0.187. The minimum Gasteiger partial charge on any atom is -0.481 e. The number of aliphatic carboxylic acids is 1. The lowest BCUT2D eigenvalue weighted by molar-refractivity contribution is -0.141. The molecule has 0 saturated heterocycles. The summed E-state index contributed by atoms with van der Waals surface area (Å²) in [5.41, 5.74) is 0.678. The zero-order valence-electron chi connectivity index (χ0n) is 11.4. The fourth-order valence-electron chi connectivity index (χ4n) is 1.91. The van der Waals surface area contributed by atoms with E-state index in [-0.39, 0.29) is 5.69 Å². The van der Waals surface area contributed by atoms with Crippen molar-refractivity contribution in [2.75, 3.05) is 0 Å². The molecule has 5 nitrogen and oxygen atoms in total. The lowest BCUT2D eigenvalue weighted by atomic mass is 10.0. The zero-order valence-corrected chi connectivity index (χ0v) is 13.0. The van der Waals surface area contributed by atoms with Gasteiger partial charge in [-0.15, -0.1) is 0 Å². The number of H-pyrrole nitrogens is 1. The fourth-order valence-corrected chi connectivity index (χ4v) is 2.34. The van der Waals surface area contributed by atoms with Gasteiger partial charge >= 0.3 is 5.97 Å². The van der Waals surface area contributed by atoms with Gasteiger partial charge in [0.05, 0.1) is 11.4 Å². The van der Waals surface area contributed by atoms with Crippen LogP contribution in [0.1, 0.15) is 24.3 Å². The van der Waals surface area contributed by atoms with E-state index in [1.54, 1.807) is 13.0 Å². The van der Waals surface area contributed by atoms with E-state index in [2.05, 4.69) is 26.2 Å². The van der Waals surface area contributed by atoms with E-state index < -0.39 is 29.7 Å². The predicted octanol–water partition coefficient (Wildman–Crippen LogP) is 2.91. The third-order valence-electron chi connectivity index (χ3n) is 3.40. The van der Waals surface area contributed by atoms with Gasteiger partial charge in [-0.1, -0.05) is 15.9 Å². The van der Waals surface area contributed by atoms with E-state index in [9.17, 15) is 14.0 Å². The summed E-state index contributed by atoms with van der Waals surface area (Å²) in [5, 5.41) is 11.8. The quantitative estimate of drug-likeness (QED) is 0.787. The molecule has 0 aliphatic heterocycles. The second kappa shape index (κ2) is 5.85. The Kier molecular flexibility index (Phi) is 4.32. The van der Waals surface area contributed by atoms with Crippen molar-refractivity contribution in [2.45, 2.75) is 19.9 Å². The number of hydrogen-bond acceptors (Lipinski definition) is 2. The molecule has 0 saturated carbocycles. The van der Waals surface area contributed by atoms with Crippen molar-refractivity contribution in [3.63, 3.8) is 0 Å². The molecule has 7 heteroatoms. The lowest BCUT2D eigenvalue weighted by Gasteiger charge is -2.17. The normalized spacial score (nSPS) is 13.9. The second-order valence-corrected chi connectivity index (χ2v) is 5.84. The average molecular weight is 357 g/mol. The number of fused-ring (bicyclic) bond motifs is 1. The summed E-state index contributed by atoms with van der Waals surface area (Å²) in [6.07, 6.45) is 0. The summed E-state index contributed by atoms with van der Waals surface area (Å²) >= 11 is 3.18. The van der Waals surface area contributed by atoms with E-state index in [0.717, 1.165) is 0 Å². The largest absolute Gasteiger partial charge is 0.481 e. The molecular weight excluding hydrogens is 343 g/mol. The highest BCUT2D eigenvalue weighted by Gasteiger charge is 2.22. The minimum atomic E-state index is -0.991. The number of rotatable bonds is 4. The van der Waals surface area contributed by atoms with E-state index in [1.807, 2.05) is 0 Å². The molecule has 112 valence electrons. The third kappa shape index (κ3) is 3.24. The van der Waals surface area contributed by atoms with Crippen LogP contribution in [0.25, 0.3) is 10.9 Å². The van der Waals surface area contributed by atoms with Crippen molar-refractivity contribution in [1.29, 1.82) is 0 Å². The molecule has 0 aliphatic carbocycles. The monoisotopic (exact) mass is 356 g/mol. The Labute approximate surface area is 128 Å². The highest BCUT2D eigenvalue weighted by Crippen LogP contribution is 2.24. The maximum atomic E-state index is 13.8.